The number of carbonyl (C=O) groups is 1. The van der Waals surface area contributed by atoms with Crippen LogP contribution in [0.1, 0.15) is 15.9 Å². The number of halogens is 1. The number of ether oxygens (including phenoxy) is 1. The zero-order valence-electron chi connectivity index (χ0n) is 8.06. The predicted octanol–water partition coefficient (Wildman–Crippen LogP) is 1.39. The number of nitro benzene ring substituents is 1. The highest BCUT2D eigenvalue weighted by molar-refractivity contribution is 5.94. The fraction of sp³-hybridized carbons (Fsp3) is 0.111. The maximum absolute atomic E-state index is 13.1. The molecule has 0 saturated carbocycles. The Bertz CT molecular complexity index is 507. The summed E-state index contributed by atoms with van der Waals surface area (Å²) in [6.07, 6.45) is 0. The molecule has 0 atom stereocenters. The molecule has 0 unspecified atom stereocenters. The molecule has 0 N–H and O–H groups in total. The van der Waals surface area contributed by atoms with Crippen molar-refractivity contribution in [3.05, 3.63) is 39.2 Å². The van der Waals surface area contributed by atoms with E-state index in [-0.39, 0.29) is 0 Å². The van der Waals surface area contributed by atoms with E-state index >= 15 is 0 Å². The lowest BCUT2D eigenvalue weighted by Gasteiger charge is -2.02. The van der Waals surface area contributed by atoms with Gasteiger partial charge in [-0.2, -0.15) is 5.26 Å². The number of benzene rings is 1. The molecule has 82 valence electrons. The molecule has 0 fully saturated rings. The van der Waals surface area contributed by atoms with E-state index in [2.05, 4.69) is 4.74 Å². The minimum atomic E-state index is -1.03. The third-order valence-corrected chi connectivity index (χ3v) is 1.81. The number of nitro groups is 1. The van der Waals surface area contributed by atoms with Crippen LogP contribution in [0.4, 0.5) is 10.1 Å². The van der Waals surface area contributed by atoms with Crippen LogP contribution in [0.15, 0.2) is 12.1 Å². The average molecular weight is 224 g/mol. The van der Waals surface area contributed by atoms with Gasteiger partial charge in [-0.15, -0.1) is 0 Å². The first-order valence-electron chi connectivity index (χ1n) is 3.97. The van der Waals surface area contributed by atoms with Crippen LogP contribution >= 0.6 is 0 Å². The smallest absolute Gasteiger partial charge is 0.344 e. The van der Waals surface area contributed by atoms with Gasteiger partial charge in [0.2, 0.25) is 0 Å². The number of carbonyl (C=O) groups excluding carboxylic acids is 1. The van der Waals surface area contributed by atoms with Gasteiger partial charge < -0.3 is 4.74 Å². The van der Waals surface area contributed by atoms with E-state index in [1.165, 1.54) is 6.07 Å². The summed E-state index contributed by atoms with van der Waals surface area (Å²) >= 11 is 0. The van der Waals surface area contributed by atoms with Crippen LogP contribution in [0.3, 0.4) is 0 Å². The number of nitrogens with zero attached hydrogens (tertiary/aromatic N) is 2. The highest BCUT2D eigenvalue weighted by Crippen LogP contribution is 2.23. The summed E-state index contributed by atoms with van der Waals surface area (Å²) in [4.78, 5) is 20.8. The van der Waals surface area contributed by atoms with Gasteiger partial charge in [0.15, 0.2) is 0 Å². The number of hydrogen-bond acceptors (Lipinski definition) is 5. The molecule has 0 aromatic heterocycles. The van der Waals surface area contributed by atoms with E-state index in [1.54, 1.807) is 0 Å². The summed E-state index contributed by atoms with van der Waals surface area (Å²) in [7, 11) is 1.02. The molecule has 0 amide bonds. The topological polar surface area (TPSA) is 93.2 Å². The summed E-state index contributed by atoms with van der Waals surface area (Å²) in [5.41, 5.74) is -1.69. The van der Waals surface area contributed by atoms with E-state index in [0.29, 0.717) is 12.1 Å². The highest BCUT2D eigenvalue weighted by Gasteiger charge is 2.24. The average Bonchev–Trinajstić information content (AvgIpc) is 2.27. The summed E-state index contributed by atoms with van der Waals surface area (Å²) in [6.45, 7) is 0. The Labute approximate surface area is 89.0 Å². The van der Waals surface area contributed by atoms with E-state index in [9.17, 15) is 19.3 Å². The normalized spacial score (nSPS) is 9.31. The number of rotatable bonds is 2. The van der Waals surface area contributed by atoms with Crippen LogP contribution in [0.25, 0.3) is 0 Å². The molecule has 0 spiro atoms. The lowest BCUT2D eigenvalue weighted by Crippen LogP contribution is -2.07. The molecule has 0 radical (unpaired) electrons. The molecule has 1 aromatic carbocycles. The maximum atomic E-state index is 13.1. The number of esters is 1. The Hall–Kier alpha value is -2.49. The zero-order valence-corrected chi connectivity index (χ0v) is 8.06. The van der Waals surface area contributed by atoms with Gasteiger partial charge in [-0.25, -0.2) is 9.18 Å². The van der Waals surface area contributed by atoms with E-state index < -0.39 is 33.5 Å². The van der Waals surface area contributed by atoms with Crippen LogP contribution < -0.4 is 0 Å². The van der Waals surface area contributed by atoms with E-state index in [1.807, 2.05) is 0 Å². The number of methoxy groups -OCH3 is 1. The number of hydrogen-bond donors (Lipinski definition) is 0. The summed E-state index contributed by atoms with van der Waals surface area (Å²) in [6, 6.07) is 2.75. The Balaban J connectivity index is 3.49. The monoisotopic (exact) mass is 224 g/mol. The lowest BCUT2D eigenvalue weighted by atomic mass is 10.1. The third kappa shape index (κ3) is 1.95. The van der Waals surface area contributed by atoms with Gasteiger partial charge in [0, 0.05) is 6.07 Å². The molecule has 6 nitrogen and oxygen atoms in total. The van der Waals surface area contributed by atoms with Crippen molar-refractivity contribution in [2.24, 2.45) is 0 Å². The molecule has 0 bridgehead atoms. The van der Waals surface area contributed by atoms with Crippen molar-refractivity contribution in [3.8, 4) is 6.07 Å². The second-order valence-corrected chi connectivity index (χ2v) is 2.71. The Kier molecular flexibility index (Phi) is 3.15. The van der Waals surface area contributed by atoms with Crippen LogP contribution in [0.5, 0.6) is 0 Å². The van der Waals surface area contributed by atoms with Crippen molar-refractivity contribution in [3.63, 3.8) is 0 Å². The Morgan fingerprint density at radius 2 is 2.25 bits per heavy atom. The van der Waals surface area contributed by atoms with Crippen molar-refractivity contribution in [1.29, 1.82) is 5.26 Å². The molecule has 1 aromatic rings. The maximum Gasteiger partial charge on any atom is 0.344 e. The molecule has 16 heavy (non-hydrogen) atoms. The zero-order chi connectivity index (χ0) is 12.3. The first-order chi connectivity index (χ1) is 7.51. The first-order valence-corrected chi connectivity index (χ1v) is 3.97. The largest absolute Gasteiger partial charge is 0.465 e. The van der Waals surface area contributed by atoms with Crippen molar-refractivity contribution in [2.45, 2.75) is 0 Å². The fourth-order valence-electron chi connectivity index (χ4n) is 1.07. The van der Waals surface area contributed by atoms with Crippen LogP contribution in [-0.4, -0.2) is 18.0 Å². The van der Waals surface area contributed by atoms with Crippen LogP contribution in [-0.2, 0) is 4.74 Å². The quantitative estimate of drug-likeness (QED) is 0.430. The first kappa shape index (κ1) is 11.6. The molecular formula is C9H5FN2O4. The molecule has 0 aliphatic carbocycles. The molecule has 7 heteroatoms. The Morgan fingerprint density at radius 1 is 1.62 bits per heavy atom. The van der Waals surface area contributed by atoms with Gasteiger partial charge in [0.05, 0.1) is 17.6 Å². The number of nitriles is 1. The van der Waals surface area contributed by atoms with Crippen LogP contribution in [0, 0.1) is 27.3 Å². The minimum Gasteiger partial charge on any atom is -0.465 e. The molecule has 0 heterocycles. The summed E-state index contributed by atoms with van der Waals surface area (Å²) in [5, 5.41) is 19.1. The molecule has 0 aliphatic heterocycles. The Morgan fingerprint density at radius 3 is 2.69 bits per heavy atom. The van der Waals surface area contributed by atoms with Gasteiger partial charge in [-0.3, -0.25) is 10.1 Å². The van der Waals surface area contributed by atoms with Crippen molar-refractivity contribution in [2.75, 3.05) is 7.11 Å². The summed E-state index contributed by atoms with van der Waals surface area (Å²) in [5.74, 6) is -2.04. The van der Waals surface area contributed by atoms with Gasteiger partial charge in [0.25, 0.3) is 5.69 Å². The van der Waals surface area contributed by atoms with Crippen LogP contribution in [0.2, 0.25) is 0 Å². The van der Waals surface area contributed by atoms with Crippen molar-refractivity contribution in [1.82, 2.24) is 0 Å². The van der Waals surface area contributed by atoms with Gasteiger partial charge >= 0.3 is 5.97 Å². The van der Waals surface area contributed by atoms with E-state index in [0.717, 1.165) is 7.11 Å². The second-order valence-electron chi connectivity index (χ2n) is 2.71. The van der Waals surface area contributed by atoms with Crippen molar-refractivity contribution < 1.29 is 18.8 Å². The highest BCUT2D eigenvalue weighted by atomic mass is 19.1. The molecular weight excluding hydrogens is 219 g/mol. The standard InChI is InChI=1S/C9H5FN2O4/c1-16-9(13)6-3-7(10)5(4-11)2-8(6)12(14)15/h2-3H,1H3. The SMILES string of the molecule is COC(=O)c1cc(F)c(C#N)cc1[N+](=O)[O-]. The molecule has 1 rings (SSSR count). The fourth-order valence-corrected chi connectivity index (χ4v) is 1.07. The minimum absolute atomic E-state index is 0.501. The summed E-state index contributed by atoms with van der Waals surface area (Å²) < 4.78 is 17.4. The third-order valence-electron chi connectivity index (χ3n) is 1.81. The second kappa shape index (κ2) is 4.35. The van der Waals surface area contributed by atoms with Crippen molar-refractivity contribution >= 4 is 11.7 Å². The van der Waals surface area contributed by atoms with Gasteiger partial charge in [-0.05, 0) is 6.07 Å². The molecule has 0 saturated heterocycles. The van der Waals surface area contributed by atoms with E-state index in [4.69, 9.17) is 5.26 Å². The molecule has 0 aliphatic rings. The lowest BCUT2D eigenvalue weighted by molar-refractivity contribution is -0.385. The van der Waals surface area contributed by atoms with Gasteiger partial charge in [-0.1, -0.05) is 0 Å². The van der Waals surface area contributed by atoms with Gasteiger partial charge in [0.1, 0.15) is 17.4 Å². The predicted molar refractivity (Wildman–Crippen MR) is 49.1 cm³/mol.